The molecule has 1 amide bonds. The van der Waals surface area contributed by atoms with Crippen molar-refractivity contribution in [2.24, 2.45) is 0 Å². The summed E-state index contributed by atoms with van der Waals surface area (Å²) in [5.41, 5.74) is 1.14. The second-order valence-electron chi connectivity index (χ2n) is 7.02. The molecule has 1 aromatic heterocycles. The molecule has 1 saturated heterocycles. The Morgan fingerprint density at radius 2 is 2.04 bits per heavy atom. The number of nitrogens with zero attached hydrogens (tertiary/aromatic N) is 2. The van der Waals surface area contributed by atoms with Crippen molar-refractivity contribution < 1.29 is 13.9 Å². The summed E-state index contributed by atoms with van der Waals surface area (Å²) in [6, 6.07) is 6.12. The number of likely N-dealkylation sites (tertiary alicyclic amines) is 1. The molecule has 1 atom stereocenters. The van der Waals surface area contributed by atoms with Crippen LogP contribution in [0.2, 0.25) is 0 Å². The van der Waals surface area contributed by atoms with Crippen LogP contribution in [0, 0.1) is 5.82 Å². The van der Waals surface area contributed by atoms with Crippen molar-refractivity contribution in [1.82, 2.24) is 14.9 Å². The first-order valence-corrected chi connectivity index (χ1v) is 8.14. The number of hydrogen-bond acceptors (Lipinski definition) is 3. The third kappa shape index (κ3) is 3.58. The molecule has 2 heterocycles. The highest BCUT2D eigenvalue weighted by Gasteiger charge is 2.34. The van der Waals surface area contributed by atoms with Gasteiger partial charge in [-0.2, -0.15) is 0 Å². The Morgan fingerprint density at radius 3 is 2.71 bits per heavy atom. The van der Waals surface area contributed by atoms with Crippen molar-refractivity contribution in [2.45, 2.75) is 45.3 Å². The third-order valence-electron chi connectivity index (χ3n) is 3.95. The maximum atomic E-state index is 13.0. The number of rotatable bonds is 2. The van der Waals surface area contributed by atoms with Crippen LogP contribution in [-0.2, 0) is 4.74 Å². The summed E-state index contributed by atoms with van der Waals surface area (Å²) < 4.78 is 18.5. The number of H-pyrrole nitrogens is 1. The molecule has 128 valence electrons. The molecule has 1 unspecified atom stereocenters. The number of amides is 1. The number of carbonyl (C=O) groups excluding carboxylic acids is 1. The van der Waals surface area contributed by atoms with E-state index in [-0.39, 0.29) is 18.0 Å². The predicted octanol–water partition coefficient (Wildman–Crippen LogP) is 4.29. The molecule has 5 nitrogen and oxygen atoms in total. The van der Waals surface area contributed by atoms with Crippen LogP contribution >= 0.6 is 0 Å². The number of imidazole rings is 1. The van der Waals surface area contributed by atoms with Crippen LogP contribution in [0.15, 0.2) is 30.5 Å². The van der Waals surface area contributed by atoms with Gasteiger partial charge in [-0.15, -0.1) is 0 Å². The van der Waals surface area contributed by atoms with Gasteiger partial charge in [0.15, 0.2) is 0 Å². The molecule has 1 N–H and O–H groups in total. The molecule has 1 aliphatic heterocycles. The van der Waals surface area contributed by atoms with Gasteiger partial charge in [-0.05, 0) is 63.4 Å². The highest BCUT2D eigenvalue weighted by molar-refractivity contribution is 5.69. The van der Waals surface area contributed by atoms with Crippen LogP contribution in [0.1, 0.15) is 45.5 Å². The first-order valence-electron chi connectivity index (χ1n) is 8.14. The van der Waals surface area contributed by atoms with Crippen molar-refractivity contribution in [3.63, 3.8) is 0 Å². The third-order valence-corrected chi connectivity index (χ3v) is 3.95. The van der Waals surface area contributed by atoms with Crippen molar-refractivity contribution in [1.29, 1.82) is 0 Å². The summed E-state index contributed by atoms with van der Waals surface area (Å²) in [5.74, 6) is 0.461. The second kappa shape index (κ2) is 6.26. The molecule has 0 spiro atoms. The highest BCUT2D eigenvalue weighted by atomic mass is 19.1. The molecule has 1 aliphatic rings. The van der Waals surface area contributed by atoms with E-state index in [4.69, 9.17) is 4.74 Å². The first-order chi connectivity index (χ1) is 11.3. The Labute approximate surface area is 140 Å². The minimum Gasteiger partial charge on any atom is -0.444 e. The topological polar surface area (TPSA) is 58.2 Å². The van der Waals surface area contributed by atoms with Gasteiger partial charge in [0.25, 0.3) is 0 Å². The van der Waals surface area contributed by atoms with Gasteiger partial charge in [0.1, 0.15) is 17.2 Å². The fourth-order valence-electron chi connectivity index (χ4n) is 2.87. The summed E-state index contributed by atoms with van der Waals surface area (Å²) in [7, 11) is 0. The number of benzene rings is 1. The van der Waals surface area contributed by atoms with Crippen LogP contribution in [0.25, 0.3) is 11.3 Å². The van der Waals surface area contributed by atoms with Gasteiger partial charge in [0.2, 0.25) is 0 Å². The summed E-state index contributed by atoms with van der Waals surface area (Å²) in [6.07, 6.45) is 3.16. The zero-order valence-electron chi connectivity index (χ0n) is 14.2. The number of aromatic amines is 1. The number of halogens is 1. The van der Waals surface area contributed by atoms with E-state index in [9.17, 15) is 9.18 Å². The van der Waals surface area contributed by atoms with Gasteiger partial charge in [-0.25, -0.2) is 14.2 Å². The Balaban J connectivity index is 1.78. The van der Waals surface area contributed by atoms with Crippen molar-refractivity contribution in [2.75, 3.05) is 6.54 Å². The van der Waals surface area contributed by atoms with E-state index in [0.29, 0.717) is 6.54 Å². The minimum absolute atomic E-state index is 0.117. The molecular formula is C18H22FN3O2. The van der Waals surface area contributed by atoms with Crippen LogP contribution in [0.5, 0.6) is 0 Å². The van der Waals surface area contributed by atoms with Crippen LogP contribution in [0.3, 0.4) is 0 Å². The van der Waals surface area contributed by atoms with Gasteiger partial charge >= 0.3 is 6.09 Å². The van der Waals surface area contributed by atoms with Crippen molar-refractivity contribution >= 4 is 6.09 Å². The average Bonchev–Trinajstić information content (AvgIpc) is 3.15. The molecule has 0 aliphatic carbocycles. The quantitative estimate of drug-likeness (QED) is 0.893. The van der Waals surface area contributed by atoms with Crippen molar-refractivity contribution in [3.8, 4) is 11.3 Å². The molecule has 0 bridgehead atoms. The molecule has 2 aromatic rings. The fourth-order valence-corrected chi connectivity index (χ4v) is 2.87. The van der Waals surface area contributed by atoms with Gasteiger partial charge in [0, 0.05) is 6.54 Å². The Bertz CT molecular complexity index is 719. The summed E-state index contributed by atoms with van der Waals surface area (Å²) in [5, 5.41) is 0. The molecule has 1 fully saturated rings. The largest absolute Gasteiger partial charge is 0.444 e. The maximum absolute atomic E-state index is 13.0. The average molecular weight is 331 g/mol. The van der Waals surface area contributed by atoms with Gasteiger partial charge in [-0.1, -0.05) is 0 Å². The lowest BCUT2D eigenvalue weighted by Crippen LogP contribution is -2.36. The Kier molecular flexibility index (Phi) is 4.30. The van der Waals surface area contributed by atoms with E-state index in [1.807, 2.05) is 20.8 Å². The van der Waals surface area contributed by atoms with E-state index in [0.717, 1.165) is 29.9 Å². The Hall–Kier alpha value is -2.37. The lowest BCUT2D eigenvalue weighted by molar-refractivity contribution is 0.0219. The SMILES string of the molecule is CC(C)(C)OC(=O)N1CCCC1c1ncc(-c2ccc(F)cc2)[nH]1. The van der Waals surface area contributed by atoms with Gasteiger partial charge in [0.05, 0.1) is 17.9 Å². The van der Waals surface area contributed by atoms with Crippen LogP contribution in [-0.4, -0.2) is 33.1 Å². The van der Waals surface area contributed by atoms with Crippen molar-refractivity contribution in [3.05, 3.63) is 42.1 Å². The lowest BCUT2D eigenvalue weighted by Gasteiger charge is -2.27. The van der Waals surface area contributed by atoms with Gasteiger partial charge < -0.3 is 9.72 Å². The fraction of sp³-hybridized carbons (Fsp3) is 0.444. The zero-order chi connectivity index (χ0) is 17.3. The molecule has 0 radical (unpaired) electrons. The maximum Gasteiger partial charge on any atom is 0.410 e. The van der Waals surface area contributed by atoms with E-state index in [2.05, 4.69) is 9.97 Å². The smallest absolute Gasteiger partial charge is 0.410 e. The normalized spacial score (nSPS) is 18.0. The summed E-state index contributed by atoms with van der Waals surface area (Å²) >= 11 is 0. The van der Waals surface area contributed by atoms with E-state index in [1.54, 1.807) is 23.2 Å². The van der Waals surface area contributed by atoms with E-state index >= 15 is 0 Å². The minimum atomic E-state index is -0.521. The van der Waals surface area contributed by atoms with Gasteiger partial charge in [-0.3, -0.25) is 4.90 Å². The van der Waals surface area contributed by atoms with Crippen LogP contribution in [0.4, 0.5) is 9.18 Å². The summed E-state index contributed by atoms with van der Waals surface area (Å²) in [4.78, 5) is 21.8. The number of aromatic nitrogens is 2. The molecule has 3 rings (SSSR count). The standard InChI is InChI=1S/C18H22FN3O2/c1-18(2,3)24-17(23)22-10-4-5-15(22)16-20-11-14(21-16)12-6-8-13(19)9-7-12/h6-9,11,15H,4-5,10H2,1-3H3,(H,20,21). The highest BCUT2D eigenvalue weighted by Crippen LogP contribution is 2.32. The zero-order valence-corrected chi connectivity index (χ0v) is 14.2. The molecular weight excluding hydrogens is 309 g/mol. The lowest BCUT2D eigenvalue weighted by atomic mass is 10.2. The predicted molar refractivity (Wildman–Crippen MR) is 88.9 cm³/mol. The Morgan fingerprint density at radius 1 is 1.33 bits per heavy atom. The number of ether oxygens (including phenoxy) is 1. The van der Waals surface area contributed by atoms with E-state index < -0.39 is 5.60 Å². The molecule has 0 saturated carbocycles. The van der Waals surface area contributed by atoms with E-state index in [1.165, 1.54) is 12.1 Å². The molecule has 24 heavy (non-hydrogen) atoms. The number of carbonyl (C=O) groups is 1. The van der Waals surface area contributed by atoms with Crippen LogP contribution < -0.4 is 0 Å². The second-order valence-corrected chi connectivity index (χ2v) is 7.02. The monoisotopic (exact) mass is 331 g/mol. The number of hydrogen-bond donors (Lipinski definition) is 1. The molecule has 1 aromatic carbocycles. The molecule has 6 heteroatoms. The number of nitrogens with one attached hydrogen (secondary N) is 1. The summed E-state index contributed by atoms with van der Waals surface area (Å²) in [6.45, 7) is 6.23. The first kappa shape index (κ1) is 16.5.